The third-order valence-corrected chi connectivity index (χ3v) is 6.72. The Kier molecular flexibility index (Phi) is 6.98. The van der Waals surface area contributed by atoms with Crippen LogP contribution in [0.4, 0.5) is 10.5 Å². The van der Waals surface area contributed by atoms with E-state index in [1.54, 1.807) is 12.1 Å². The zero-order chi connectivity index (χ0) is 24.2. The molecule has 1 aliphatic rings. The lowest BCUT2D eigenvalue weighted by Gasteiger charge is -2.19. The number of nitrogens with one attached hydrogen (secondary N) is 2. The first kappa shape index (κ1) is 23.5. The number of amides is 2. The molecule has 174 valence electrons. The number of carboxylic acids is 1. The van der Waals surface area contributed by atoms with E-state index in [0.717, 1.165) is 32.3 Å². The number of aliphatic carboxylic acids is 1. The first-order valence-electron chi connectivity index (χ1n) is 10.7. The normalized spacial score (nSPS) is 12.9. The number of benzene rings is 3. The summed E-state index contributed by atoms with van der Waals surface area (Å²) in [7, 11) is 0. The Balaban J connectivity index is 1.44. The van der Waals surface area contributed by atoms with E-state index < -0.39 is 30.4 Å². The molecule has 0 radical (unpaired) electrons. The molecular formula is C26H23BrN2O5. The van der Waals surface area contributed by atoms with Gasteiger partial charge >= 0.3 is 12.1 Å². The summed E-state index contributed by atoms with van der Waals surface area (Å²) in [6.07, 6.45) is -1.43. The number of fused-ring (bicyclic) bond motifs is 3. The zero-order valence-electron chi connectivity index (χ0n) is 18.4. The molecule has 0 aromatic heterocycles. The lowest BCUT2D eigenvalue weighted by atomic mass is 9.98. The van der Waals surface area contributed by atoms with Crippen LogP contribution >= 0.6 is 15.9 Å². The number of anilines is 1. The van der Waals surface area contributed by atoms with Crippen LogP contribution in [0.1, 0.15) is 29.0 Å². The van der Waals surface area contributed by atoms with E-state index in [9.17, 15) is 19.5 Å². The summed E-state index contributed by atoms with van der Waals surface area (Å²) in [6.45, 7) is 1.87. The summed E-state index contributed by atoms with van der Waals surface area (Å²) in [5.74, 6) is -2.00. The van der Waals surface area contributed by atoms with Gasteiger partial charge < -0.3 is 20.5 Å². The Labute approximate surface area is 205 Å². The van der Waals surface area contributed by atoms with Crippen molar-refractivity contribution in [1.29, 1.82) is 0 Å². The molecule has 3 N–H and O–H groups in total. The maximum atomic E-state index is 12.8. The minimum absolute atomic E-state index is 0.0615. The third-order valence-electron chi connectivity index (χ3n) is 5.86. The van der Waals surface area contributed by atoms with Gasteiger partial charge in [0, 0.05) is 16.1 Å². The molecule has 0 saturated carbocycles. The number of carbonyl (C=O) groups excluding carboxylic acids is 2. The number of rotatable bonds is 7. The molecule has 1 aliphatic carbocycles. The third kappa shape index (κ3) is 4.97. The smallest absolute Gasteiger partial charge is 0.407 e. The van der Waals surface area contributed by atoms with Crippen LogP contribution in [0.15, 0.2) is 71.2 Å². The number of alkyl carbamates (subject to hydrolysis) is 1. The minimum Gasteiger partial charge on any atom is -0.481 e. The SMILES string of the molecule is Cc1c(Br)cccc1NC(=O)C(CC(=O)O)NC(=O)OCC1c2ccccc2-c2ccccc21. The van der Waals surface area contributed by atoms with Crippen LogP contribution < -0.4 is 10.6 Å². The Morgan fingerprint density at radius 3 is 2.21 bits per heavy atom. The maximum absolute atomic E-state index is 12.8. The van der Waals surface area contributed by atoms with Gasteiger partial charge in [-0.1, -0.05) is 70.5 Å². The molecule has 7 nitrogen and oxygen atoms in total. The Morgan fingerprint density at radius 2 is 1.59 bits per heavy atom. The van der Waals surface area contributed by atoms with Crippen molar-refractivity contribution in [2.45, 2.75) is 25.3 Å². The molecule has 0 fully saturated rings. The van der Waals surface area contributed by atoms with Gasteiger partial charge in [0.2, 0.25) is 5.91 Å². The molecule has 2 amide bonds. The van der Waals surface area contributed by atoms with Crippen molar-refractivity contribution >= 4 is 39.6 Å². The van der Waals surface area contributed by atoms with Gasteiger partial charge in [0.25, 0.3) is 0 Å². The van der Waals surface area contributed by atoms with Crippen molar-refractivity contribution in [3.63, 3.8) is 0 Å². The van der Waals surface area contributed by atoms with E-state index >= 15 is 0 Å². The maximum Gasteiger partial charge on any atom is 0.407 e. The monoisotopic (exact) mass is 522 g/mol. The van der Waals surface area contributed by atoms with Gasteiger partial charge in [-0.3, -0.25) is 9.59 Å². The number of carboxylic acid groups (broad SMARTS) is 1. The van der Waals surface area contributed by atoms with Crippen molar-refractivity contribution in [3.05, 3.63) is 87.9 Å². The van der Waals surface area contributed by atoms with Crippen LogP contribution in [0.25, 0.3) is 11.1 Å². The van der Waals surface area contributed by atoms with Crippen LogP contribution in [0, 0.1) is 6.92 Å². The predicted molar refractivity (Wildman–Crippen MR) is 132 cm³/mol. The number of hydrogen-bond acceptors (Lipinski definition) is 4. The molecule has 3 aromatic rings. The second kappa shape index (κ2) is 10.1. The Morgan fingerprint density at radius 1 is 0.971 bits per heavy atom. The van der Waals surface area contributed by atoms with Crippen molar-refractivity contribution in [1.82, 2.24) is 5.32 Å². The highest BCUT2D eigenvalue weighted by Crippen LogP contribution is 2.44. The fraction of sp³-hybridized carbons (Fsp3) is 0.192. The molecule has 0 heterocycles. The van der Waals surface area contributed by atoms with Gasteiger partial charge in [-0.05, 0) is 46.9 Å². The highest BCUT2D eigenvalue weighted by atomic mass is 79.9. The van der Waals surface area contributed by atoms with Crippen molar-refractivity contribution in [3.8, 4) is 11.1 Å². The molecule has 0 aliphatic heterocycles. The van der Waals surface area contributed by atoms with E-state index in [4.69, 9.17) is 4.74 Å². The van der Waals surface area contributed by atoms with E-state index in [1.807, 2.05) is 61.5 Å². The fourth-order valence-corrected chi connectivity index (χ4v) is 4.50. The Bertz CT molecular complexity index is 1210. The molecule has 1 unspecified atom stereocenters. The first-order chi connectivity index (χ1) is 16.3. The lowest BCUT2D eigenvalue weighted by molar-refractivity contribution is -0.139. The molecular weight excluding hydrogens is 500 g/mol. The standard InChI is InChI=1S/C26H23BrN2O5/c1-15-21(27)11-6-12-22(15)28-25(32)23(13-24(30)31)29-26(33)34-14-20-18-9-4-2-7-16(18)17-8-3-5-10-19(17)20/h2-12,20,23H,13-14H2,1H3,(H,28,32)(H,29,33)(H,30,31). The van der Waals surface area contributed by atoms with E-state index in [2.05, 4.69) is 26.6 Å². The number of halogens is 1. The van der Waals surface area contributed by atoms with Crippen molar-refractivity contribution in [2.75, 3.05) is 11.9 Å². The van der Waals surface area contributed by atoms with Crippen molar-refractivity contribution < 1.29 is 24.2 Å². The van der Waals surface area contributed by atoms with Gasteiger partial charge in [-0.25, -0.2) is 4.79 Å². The molecule has 8 heteroatoms. The summed E-state index contributed by atoms with van der Waals surface area (Å²) in [6, 6.07) is 19.9. The quantitative estimate of drug-likeness (QED) is 0.401. The van der Waals surface area contributed by atoms with Crippen LogP contribution in [0.5, 0.6) is 0 Å². The summed E-state index contributed by atoms with van der Waals surface area (Å²) in [5.41, 5.74) is 5.61. The van der Waals surface area contributed by atoms with Crippen LogP contribution in [-0.2, 0) is 14.3 Å². The molecule has 0 spiro atoms. The number of ether oxygens (including phenoxy) is 1. The summed E-state index contributed by atoms with van der Waals surface area (Å²) in [5, 5.41) is 14.3. The van der Waals surface area contributed by atoms with Crippen LogP contribution in [0.2, 0.25) is 0 Å². The molecule has 34 heavy (non-hydrogen) atoms. The number of carbonyl (C=O) groups is 3. The highest BCUT2D eigenvalue weighted by Gasteiger charge is 2.30. The van der Waals surface area contributed by atoms with Gasteiger partial charge in [0.05, 0.1) is 6.42 Å². The molecule has 3 aromatic carbocycles. The second-order valence-electron chi connectivity index (χ2n) is 8.02. The molecule has 1 atom stereocenters. The van der Waals surface area contributed by atoms with Gasteiger partial charge in [0.15, 0.2) is 0 Å². The summed E-state index contributed by atoms with van der Waals surface area (Å²) < 4.78 is 6.26. The average molecular weight is 523 g/mol. The minimum atomic E-state index is -1.30. The molecule has 0 bridgehead atoms. The zero-order valence-corrected chi connectivity index (χ0v) is 20.0. The summed E-state index contributed by atoms with van der Waals surface area (Å²) >= 11 is 3.39. The first-order valence-corrected chi connectivity index (χ1v) is 11.5. The van der Waals surface area contributed by atoms with Crippen LogP contribution in [-0.4, -0.2) is 35.7 Å². The molecule has 0 saturated heterocycles. The fourth-order valence-electron chi connectivity index (χ4n) is 4.13. The van der Waals surface area contributed by atoms with Crippen LogP contribution in [0.3, 0.4) is 0 Å². The van der Waals surface area contributed by atoms with E-state index in [1.165, 1.54) is 0 Å². The number of hydrogen-bond donors (Lipinski definition) is 3. The largest absolute Gasteiger partial charge is 0.481 e. The van der Waals surface area contributed by atoms with Crippen molar-refractivity contribution in [2.24, 2.45) is 0 Å². The summed E-state index contributed by atoms with van der Waals surface area (Å²) in [4.78, 5) is 36.7. The highest BCUT2D eigenvalue weighted by molar-refractivity contribution is 9.10. The average Bonchev–Trinajstić information content (AvgIpc) is 3.14. The lowest BCUT2D eigenvalue weighted by Crippen LogP contribution is -2.45. The second-order valence-corrected chi connectivity index (χ2v) is 8.88. The van der Waals surface area contributed by atoms with Gasteiger partial charge in [-0.15, -0.1) is 0 Å². The van der Waals surface area contributed by atoms with E-state index in [-0.39, 0.29) is 12.5 Å². The van der Waals surface area contributed by atoms with E-state index in [0.29, 0.717) is 5.69 Å². The predicted octanol–water partition coefficient (Wildman–Crippen LogP) is 5.08. The topological polar surface area (TPSA) is 105 Å². The molecule has 4 rings (SSSR count). The van der Waals surface area contributed by atoms with Gasteiger partial charge in [-0.2, -0.15) is 0 Å². The Hall–Kier alpha value is -3.65. The van der Waals surface area contributed by atoms with Gasteiger partial charge in [0.1, 0.15) is 12.6 Å².